The number of nitrogens with zero attached hydrogens (tertiary/aromatic N) is 1. The number of likely N-dealkylation sites (tertiary alicyclic amines) is 1. The molecule has 5 nitrogen and oxygen atoms in total. The summed E-state index contributed by atoms with van der Waals surface area (Å²) in [6, 6.07) is 6.29. The van der Waals surface area contributed by atoms with Crippen LogP contribution >= 0.6 is 0 Å². The monoisotopic (exact) mass is 348 g/mol. The average molecular weight is 348 g/mol. The van der Waals surface area contributed by atoms with E-state index in [1.165, 1.54) is 5.56 Å². The molecule has 2 rings (SSSR count). The second-order valence-corrected chi connectivity index (χ2v) is 7.78. The van der Waals surface area contributed by atoms with Crippen molar-refractivity contribution in [2.75, 3.05) is 26.2 Å². The summed E-state index contributed by atoms with van der Waals surface area (Å²) >= 11 is 0. The quantitative estimate of drug-likeness (QED) is 0.881. The van der Waals surface area contributed by atoms with E-state index >= 15 is 0 Å². The highest BCUT2D eigenvalue weighted by atomic mass is 16.6. The molecule has 0 radical (unpaired) electrons. The van der Waals surface area contributed by atoms with Crippen LogP contribution in [0.4, 0.5) is 4.79 Å². The van der Waals surface area contributed by atoms with Gasteiger partial charge in [-0.05, 0) is 70.7 Å². The van der Waals surface area contributed by atoms with Crippen molar-refractivity contribution < 1.29 is 14.3 Å². The van der Waals surface area contributed by atoms with Gasteiger partial charge in [0.2, 0.25) is 0 Å². The maximum absolute atomic E-state index is 12.3. The number of rotatable bonds is 5. The Bertz CT molecular complexity index is 595. The number of hydrogen-bond acceptors (Lipinski definition) is 4. The molecule has 140 valence electrons. The molecule has 0 bridgehead atoms. The van der Waals surface area contributed by atoms with Gasteiger partial charge in [-0.2, -0.15) is 0 Å². The molecule has 0 saturated carbocycles. The van der Waals surface area contributed by atoms with Crippen LogP contribution in [0.3, 0.4) is 0 Å². The van der Waals surface area contributed by atoms with E-state index in [4.69, 9.17) is 15.2 Å². The number of hydrogen-bond donors (Lipinski definition) is 1. The van der Waals surface area contributed by atoms with Gasteiger partial charge in [0, 0.05) is 19.0 Å². The number of ether oxygens (including phenoxy) is 2. The Kier molecular flexibility index (Phi) is 6.33. The summed E-state index contributed by atoms with van der Waals surface area (Å²) in [5.41, 5.74) is 7.97. The zero-order chi connectivity index (χ0) is 18.6. The Balaban J connectivity index is 2.07. The molecule has 1 aliphatic heterocycles. The lowest BCUT2D eigenvalue weighted by molar-refractivity contribution is 0.0286. The molecule has 0 aliphatic carbocycles. The molecule has 25 heavy (non-hydrogen) atoms. The fourth-order valence-corrected chi connectivity index (χ4v) is 3.43. The summed E-state index contributed by atoms with van der Waals surface area (Å²) < 4.78 is 11.1. The molecule has 1 aromatic carbocycles. The van der Waals surface area contributed by atoms with Crippen LogP contribution in [-0.2, 0) is 4.74 Å². The molecular formula is C20H32N2O3. The maximum atomic E-state index is 12.3. The third kappa shape index (κ3) is 5.11. The first kappa shape index (κ1) is 19.6. The van der Waals surface area contributed by atoms with Crippen molar-refractivity contribution >= 4 is 6.09 Å². The van der Waals surface area contributed by atoms with Gasteiger partial charge in [0.1, 0.15) is 11.4 Å². The third-order valence-electron chi connectivity index (χ3n) is 4.63. The largest absolute Gasteiger partial charge is 0.494 e. The summed E-state index contributed by atoms with van der Waals surface area (Å²) in [6.07, 6.45) is 0.724. The summed E-state index contributed by atoms with van der Waals surface area (Å²) in [4.78, 5) is 14.1. The molecule has 1 aromatic rings. The topological polar surface area (TPSA) is 64.8 Å². The lowest BCUT2D eigenvalue weighted by Crippen LogP contribution is -2.36. The first-order chi connectivity index (χ1) is 11.7. The lowest BCUT2D eigenvalue weighted by Gasteiger charge is -2.26. The SMILES string of the molecule is CCOc1ccc(C(CN)C2CCN(C(=O)OC(C)(C)C)C2)cc1C. The molecule has 1 aliphatic rings. The van der Waals surface area contributed by atoms with Crippen LogP contribution in [-0.4, -0.2) is 42.8 Å². The number of aryl methyl sites for hydroxylation is 1. The van der Waals surface area contributed by atoms with Gasteiger partial charge in [-0.25, -0.2) is 4.79 Å². The van der Waals surface area contributed by atoms with Crippen molar-refractivity contribution in [3.05, 3.63) is 29.3 Å². The highest BCUT2D eigenvalue weighted by Crippen LogP contribution is 2.34. The van der Waals surface area contributed by atoms with Gasteiger partial charge in [-0.15, -0.1) is 0 Å². The zero-order valence-electron chi connectivity index (χ0n) is 16.2. The van der Waals surface area contributed by atoms with Crippen LogP contribution in [0.25, 0.3) is 0 Å². The van der Waals surface area contributed by atoms with Crippen LogP contribution in [0.2, 0.25) is 0 Å². The molecule has 2 unspecified atom stereocenters. The molecule has 1 saturated heterocycles. The van der Waals surface area contributed by atoms with Gasteiger partial charge in [0.25, 0.3) is 0 Å². The Morgan fingerprint density at radius 1 is 1.40 bits per heavy atom. The Hall–Kier alpha value is -1.75. The number of benzene rings is 1. The fourth-order valence-electron chi connectivity index (χ4n) is 3.43. The van der Waals surface area contributed by atoms with E-state index in [1.807, 2.05) is 33.8 Å². The summed E-state index contributed by atoms with van der Waals surface area (Å²) in [5, 5.41) is 0. The minimum absolute atomic E-state index is 0.228. The minimum Gasteiger partial charge on any atom is -0.494 e. The number of carbonyl (C=O) groups excluding carboxylic acids is 1. The van der Waals surface area contributed by atoms with Crippen LogP contribution in [0.15, 0.2) is 18.2 Å². The van der Waals surface area contributed by atoms with E-state index in [-0.39, 0.29) is 12.0 Å². The van der Waals surface area contributed by atoms with Crippen LogP contribution in [0.5, 0.6) is 5.75 Å². The number of amides is 1. The molecule has 1 amide bonds. The van der Waals surface area contributed by atoms with E-state index in [0.717, 1.165) is 24.3 Å². The van der Waals surface area contributed by atoms with E-state index in [1.54, 1.807) is 4.90 Å². The number of carbonyl (C=O) groups is 1. The highest BCUT2D eigenvalue weighted by Gasteiger charge is 2.34. The fraction of sp³-hybridized carbons (Fsp3) is 0.650. The van der Waals surface area contributed by atoms with Crippen molar-refractivity contribution in [2.24, 2.45) is 11.7 Å². The molecule has 5 heteroatoms. The molecule has 2 N–H and O–H groups in total. The van der Waals surface area contributed by atoms with Gasteiger partial charge in [-0.3, -0.25) is 0 Å². The van der Waals surface area contributed by atoms with Crippen LogP contribution in [0, 0.1) is 12.8 Å². The van der Waals surface area contributed by atoms with E-state index in [0.29, 0.717) is 25.6 Å². The second kappa shape index (κ2) is 8.09. The standard InChI is InChI=1S/C20H32N2O3/c1-6-24-18-8-7-15(11-14(18)2)17(12-21)16-9-10-22(13-16)19(23)25-20(3,4)5/h7-8,11,16-17H,6,9-10,12-13,21H2,1-5H3. The Morgan fingerprint density at radius 2 is 2.12 bits per heavy atom. The van der Waals surface area contributed by atoms with E-state index < -0.39 is 5.60 Å². The smallest absolute Gasteiger partial charge is 0.410 e. The maximum Gasteiger partial charge on any atom is 0.410 e. The van der Waals surface area contributed by atoms with Crippen LogP contribution < -0.4 is 10.5 Å². The average Bonchev–Trinajstić information content (AvgIpc) is 2.99. The first-order valence-corrected chi connectivity index (χ1v) is 9.16. The molecule has 1 fully saturated rings. The van der Waals surface area contributed by atoms with E-state index in [2.05, 4.69) is 19.1 Å². The van der Waals surface area contributed by atoms with Crippen LogP contribution in [0.1, 0.15) is 51.2 Å². The third-order valence-corrected chi connectivity index (χ3v) is 4.63. The molecule has 0 spiro atoms. The Morgan fingerprint density at radius 3 is 2.68 bits per heavy atom. The zero-order valence-corrected chi connectivity index (χ0v) is 16.2. The predicted molar refractivity (Wildman–Crippen MR) is 100 cm³/mol. The summed E-state index contributed by atoms with van der Waals surface area (Å²) in [6.45, 7) is 12.4. The predicted octanol–water partition coefficient (Wildman–Crippen LogP) is 3.69. The summed E-state index contributed by atoms with van der Waals surface area (Å²) in [7, 11) is 0. The van der Waals surface area contributed by atoms with Crippen molar-refractivity contribution in [3.63, 3.8) is 0 Å². The van der Waals surface area contributed by atoms with Crippen molar-refractivity contribution in [1.82, 2.24) is 4.90 Å². The van der Waals surface area contributed by atoms with E-state index in [9.17, 15) is 4.79 Å². The lowest BCUT2D eigenvalue weighted by atomic mass is 9.85. The number of nitrogens with two attached hydrogens (primary N) is 1. The Labute approximate surface area is 151 Å². The first-order valence-electron chi connectivity index (χ1n) is 9.16. The molecular weight excluding hydrogens is 316 g/mol. The van der Waals surface area contributed by atoms with Gasteiger partial charge < -0.3 is 20.1 Å². The molecule has 1 heterocycles. The second-order valence-electron chi connectivity index (χ2n) is 7.78. The van der Waals surface area contributed by atoms with Gasteiger partial charge in [0.05, 0.1) is 6.61 Å². The molecule has 0 aromatic heterocycles. The van der Waals surface area contributed by atoms with Crippen molar-refractivity contribution in [2.45, 2.75) is 52.6 Å². The summed E-state index contributed by atoms with van der Waals surface area (Å²) in [5.74, 6) is 1.51. The highest BCUT2D eigenvalue weighted by molar-refractivity contribution is 5.68. The minimum atomic E-state index is -0.464. The normalized spacial score (nSPS) is 19.0. The van der Waals surface area contributed by atoms with Gasteiger partial charge >= 0.3 is 6.09 Å². The molecule has 2 atom stereocenters. The van der Waals surface area contributed by atoms with Gasteiger partial charge in [0.15, 0.2) is 0 Å². The van der Waals surface area contributed by atoms with Crippen molar-refractivity contribution in [1.29, 1.82) is 0 Å². The van der Waals surface area contributed by atoms with Gasteiger partial charge in [-0.1, -0.05) is 12.1 Å². The van der Waals surface area contributed by atoms with Crippen molar-refractivity contribution in [3.8, 4) is 5.75 Å².